The zero-order valence-electron chi connectivity index (χ0n) is 12.8. The van der Waals surface area contributed by atoms with E-state index in [1.807, 2.05) is 18.2 Å². The van der Waals surface area contributed by atoms with E-state index < -0.39 is 23.4 Å². The van der Waals surface area contributed by atoms with Gasteiger partial charge in [0.25, 0.3) is 0 Å². The molecule has 0 amide bonds. The van der Waals surface area contributed by atoms with Crippen molar-refractivity contribution in [3.63, 3.8) is 0 Å². The van der Waals surface area contributed by atoms with Crippen molar-refractivity contribution in [2.45, 2.75) is 19.3 Å². The van der Waals surface area contributed by atoms with E-state index in [0.717, 1.165) is 35.8 Å². The molecule has 0 heterocycles. The summed E-state index contributed by atoms with van der Waals surface area (Å²) in [6.07, 6.45) is 5.03. The highest BCUT2D eigenvalue weighted by Gasteiger charge is 2.47. The minimum atomic E-state index is -0.877. The first-order valence-corrected chi connectivity index (χ1v) is 7.92. The SMILES string of the molecule is COc1ccc2c(c1)CCC1C2=CCC2C(=O)C=C(F)C(=O)C21. The van der Waals surface area contributed by atoms with Crippen molar-refractivity contribution in [3.05, 3.63) is 47.3 Å². The van der Waals surface area contributed by atoms with Crippen molar-refractivity contribution in [1.29, 1.82) is 0 Å². The average Bonchev–Trinajstić information content (AvgIpc) is 2.58. The van der Waals surface area contributed by atoms with Crippen LogP contribution in [0.15, 0.2) is 36.2 Å². The number of carbonyl (C=O) groups is 2. The second-order valence-corrected chi connectivity index (χ2v) is 6.45. The van der Waals surface area contributed by atoms with Gasteiger partial charge in [0.15, 0.2) is 17.4 Å². The quantitative estimate of drug-likeness (QED) is 0.799. The van der Waals surface area contributed by atoms with Gasteiger partial charge in [0.05, 0.1) is 7.11 Å². The molecule has 0 aromatic heterocycles. The van der Waals surface area contributed by atoms with Gasteiger partial charge in [0, 0.05) is 17.9 Å². The van der Waals surface area contributed by atoms with Crippen LogP contribution in [0.25, 0.3) is 5.57 Å². The Bertz CT molecular complexity index is 775. The summed E-state index contributed by atoms with van der Waals surface area (Å²) in [4.78, 5) is 24.4. The predicted molar refractivity (Wildman–Crippen MR) is 83.6 cm³/mol. The first-order valence-electron chi connectivity index (χ1n) is 7.92. The minimum Gasteiger partial charge on any atom is -0.497 e. The van der Waals surface area contributed by atoms with E-state index in [2.05, 4.69) is 6.08 Å². The summed E-state index contributed by atoms with van der Waals surface area (Å²) in [5.41, 5.74) is 3.39. The Morgan fingerprint density at radius 1 is 1.22 bits per heavy atom. The molecule has 0 aliphatic heterocycles. The van der Waals surface area contributed by atoms with Crippen LogP contribution in [0.3, 0.4) is 0 Å². The fourth-order valence-corrected chi connectivity index (χ4v) is 4.29. The topological polar surface area (TPSA) is 43.4 Å². The van der Waals surface area contributed by atoms with Gasteiger partial charge < -0.3 is 4.74 Å². The lowest BCUT2D eigenvalue weighted by molar-refractivity contribution is -0.132. The van der Waals surface area contributed by atoms with Crippen LogP contribution in [0.5, 0.6) is 5.75 Å². The fourth-order valence-electron chi connectivity index (χ4n) is 4.29. The summed E-state index contributed by atoms with van der Waals surface area (Å²) in [5.74, 6) is -1.80. The lowest BCUT2D eigenvalue weighted by Gasteiger charge is -2.41. The predicted octanol–water partition coefficient (Wildman–Crippen LogP) is 3.28. The highest BCUT2D eigenvalue weighted by molar-refractivity contribution is 6.10. The van der Waals surface area contributed by atoms with Crippen molar-refractivity contribution in [2.24, 2.45) is 17.8 Å². The minimum absolute atomic E-state index is 0.0643. The number of carbonyl (C=O) groups excluding carboxylic acids is 2. The van der Waals surface area contributed by atoms with Gasteiger partial charge in [0.2, 0.25) is 0 Å². The number of hydrogen-bond donors (Lipinski definition) is 0. The van der Waals surface area contributed by atoms with Crippen molar-refractivity contribution >= 4 is 17.1 Å². The Balaban J connectivity index is 1.78. The number of rotatable bonds is 1. The molecule has 3 unspecified atom stereocenters. The monoisotopic (exact) mass is 312 g/mol. The van der Waals surface area contributed by atoms with Gasteiger partial charge in [-0.25, -0.2) is 4.39 Å². The smallest absolute Gasteiger partial charge is 0.195 e. The summed E-state index contributed by atoms with van der Waals surface area (Å²) < 4.78 is 19.1. The van der Waals surface area contributed by atoms with Gasteiger partial charge in [-0.2, -0.15) is 0 Å². The van der Waals surface area contributed by atoms with E-state index in [0.29, 0.717) is 6.42 Å². The maximum absolute atomic E-state index is 13.8. The molecular formula is C19H17FO3. The molecule has 0 saturated carbocycles. The average molecular weight is 312 g/mol. The Morgan fingerprint density at radius 2 is 2.04 bits per heavy atom. The number of ether oxygens (including phenoxy) is 1. The van der Waals surface area contributed by atoms with Gasteiger partial charge in [-0.15, -0.1) is 0 Å². The molecule has 0 bridgehead atoms. The first kappa shape index (κ1) is 14.4. The normalized spacial score (nSPS) is 29.0. The van der Waals surface area contributed by atoms with E-state index in [1.54, 1.807) is 7.11 Å². The standard InChI is InChI=1S/C19H17FO3/c1-23-11-3-5-12-10(8-11)2-4-14-13(12)6-7-15-17(21)9-16(20)19(22)18(14)15/h3,5-6,8-9,14-15,18H,2,4,7H2,1H3. The molecule has 3 aliphatic carbocycles. The molecule has 0 N–H and O–H groups in total. The maximum atomic E-state index is 13.8. The number of ketones is 2. The second kappa shape index (κ2) is 5.15. The highest BCUT2D eigenvalue weighted by atomic mass is 19.1. The summed E-state index contributed by atoms with van der Waals surface area (Å²) >= 11 is 0. The summed E-state index contributed by atoms with van der Waals surface area (Å²) in [7, 11) is 1.64. The van der Waals surface area contributed by atoms with Crippen LogP contribution in [-0.4, -0.2) is 18.7 Å². The van der Waals surface area contributed by atoms with Gasteiger partial charge in [-0.3, -0.25) is 9.59 Å². The van der Waals surface area contributed by atoms with E-state index in [1.165, 1.54) is 5.56 Å². The molecule has 0 fully saturated rings. The Labute approximate surface area is 133 Å². The molecule has 4 rings (SSSR count). The van der Waals surface area contributed by atoms with Gasteiger partial charge in [0.1, 0.15) is 5.75 Å². The summed E-state index contributed by atoms with van der Waals surface area (Å²) in [6, 6.07) is 5.93. The summed E-state index contributed by atoms with van der Waals surface area (Å²) in [6.45, 7) is 0. The first-order chi connectivity index (χ1) is 11.1. The van der Waals surface area contributed by atoms with Gasteiger partial charge in [-0.05, 0) is 54.0 Å². The molecule has 0 radical (unpaired) electrons. The van der Waals surface area contributed by atoms with Crippen molar-refractivity contribution in [2.75, 3.05) is 7.11 Å². The number of benzene rings is 1. The Kier molecular flexibility index (Phi) is 3.22. The van der Waals surface area contributed by atoms with E-state index in [9.17, 15) is 14.0 Å². The second-order valence-electron chi connectivity index (χ2n) is 6.45. The van der Waals surface area contributed by atoms with Gasteiger partial charge in [-0.1, -0.05) is 12.1 Å². The zero-order valence-corrected chi connectivity index (χ0v) is 12.8. The largest absolute Gasteiger partial charge is 0.497 e. The molecule has 3 nitrogen and oxygen atoms in total. The number of halogens is 1. The number of Topliss-reactive ketones (excluding diaryl/α,β-unsaturated/α-hetero) is 1. The van der Waals surface area contributed by atoms with Crippen LogP contribution in [0.1, 0.15) is 24.0 Å². The third kappa shape index (κ3) is 2.08. The molecular weight excluding hydrogens is 295 g/mol. The van der Waals surface area contributed by atoms with Gasteiger partial charge >= 0.3 is 0 Å². The molecule has 0 spiro atoms. The third-order valence-electron chi connectivity index (χ3n) is 5.38. The van der Waals surface area contributed by atoms with E-state index >= 15 is 0 Å². The lowest BCUT2D eigenvalue weighted by atomic mass is 9.61. The molecule has 118 valence electrons. The maximum Gasteiger partial charge on any atom is 0.195 e. The van der Waals surface area contributed by atoms with Crippen LogP contribution in [0, 0.1) is 17.8 Å². The molecule has 3 aliphatic rings. The Morgan fingerprint density at radius 3 is 2.83 bits per heavy atom. The summed E-state index contributed by atoms with van der Waals surface area (Å²) in [5, 5.41) is 0. The van der Waals surface area contributed by atoms with Crippen LogP contribution in [0.4, 0.5) is 4.39 Å². The number of aryl methyl sites for hydroxylation is 1. The lowest BCUT2D eigenvalue weighted by Crippen LogP contribution is -2.42. The van der Waals surface area contributed by atoms with Crippen LogP contribution in [-0.2, 0) is 16.0 Å². The van der Waals surface area contributed by atoms with Crippen molar-refractivity contribution in [1.82, 2.24) is 0 Å². The van der Waals surface area contributed by atoms with E-state index in [4.69, 9.17) is 4.74 Å². The number of methoxy groups -OCH3 is 1. The van der Waals surface area contributed by atoms with Crippen LogP contribution < -0.4 is 4.74 Å². The molecule has 1 aromatic rings. The fraction of sp³-hybridized carbons (Fsp3) is 0.368. The molecule has 23 heavy (non-hydrogen) atoms. The highest BCUT2D eigenvalue weighted by Crippen LogP contribution is 2.49. The number of hydrogen-bond acceptors (Lipinski definition) is 3. The number of allylic oxidation sites excluding steroid dienone is 4. The van der Waals surface area contributed by atoms with Crippen LogP contribution >= 0.6 is 0 Å². The molecule has 3 atom stereocenters. The number of fused-ring (bicyclic) bond motifs is 5. The Hall–Kier alpha value is -2.23. The third-order valence-corrected chi connectivity index (χ3v) is 5.38. The van der Waals surface area contributed by atoms with Crippen LogP contribution in [0.2, 0.25) is 0 Å². The van der Waals surface area contributed by atoms with Crippen molar-refractivity contribution in [3.8, 4) is 5.75 Å². The van der Waals surface area contributed by atoms with Crippen molar-refractivity contribution < 1.29 is 18.7 Å². The van der Waals surface area contributed by atoms with E-state index in [-0.39, 0.29) is 11.7 Å². The molecule has 1 aromatic carbocycles. The zero-order chi connectivity index (χ0) is 16.1. The molecule has 0 saturated heterocycles. The molecule has 4 heteroatoms.